The fraction of sp³-hybridized carbons (Fsp3) is 0.125. The van der Waals surface area contributed by atoms with E-state index in [9.17, 15) is 0 Å². The topological polar surface area (TPSA) is 47.0 Å². The SMILES string of the molecule is CNCc1cc(Oc2cnc3ccccc3c2)ncc1Cl. The third-order valence-corrected chi connectivity index (χ3v) is 3.40. The minimum absolute atomic E-state index is 0.502. The molecule has 2 heterocycles. The van der Waals surface area contributed by atoms with Crippen LogP contribution in [0.5, 0.6) is 11.6 Å². The van der Waals surface area contributed by atoms with Gasteiger partial charge in [-0.2, -0.15) is 0 Å². The van der Waals surface area contributed by atoms with Crippen LogP contribution in [0.1, 0.15) is 5.56 Å². The third kappa shape index (κ3) is 3.12. The van der Waals surface area contributed by atoms with Gasteiger partial charge in [0.05, 0.1) is 16.7 Å². The second-order valence-electron chi connectivity index (χ2n) is 4.61. The molecule has 0 aliphatic rings. The number of hydrogen-bond donors (Lipinski definition) is 1. The molecule has 0 saturated carbocycles. The van der Waals surface area contributed by atoms with Gasteiger partial charge in [0.25, 0.3) is 0 Å². The molecule has 0 aliphatic carbocycles. The zero-order chi connectivity index (χ0) is 14.7. The largest absolute Gasteiger partial charge is 0.437 e. The average molecular weight is 300 g/mol. The normalized spacial score (nSPS) is 10.8. The quantitative estimate of drug-likeness (QED) is 0.796. The zero-order valence-corrected chi connectivity index (χ0v) is 12.3. The highest BCUT2D eigenvalue weighted by Gasteiger charge is 2.06. The van der Waals surface area contributed by atoms with Crippen molar-refractivity contribution in [2.45, 2.75) is 6.54 Å². The first-order valence-corrected chi connectivity index (χ1v) is 6.96. The Morgan fingerprint density at radius 2 is 2.00 bits per heavy atom. The summed E-state index contributed by atoms with van der Waals surface area (Å²) < 4.78 is 5.77. The van der Waals surface area contributed by atoms with Crippen molar-refractivity contribution < 1.29 is 4.74 Å². The van der Waals surface area contributed by atoms with Gasteiger partial charge in [-0.05, 0) is 24.7 Å². The Morgan fingerprint density at radius 3 is 2.86 bits per heavy atom. The second-order valence-corrected chi connectivity index (χ2v) is 5.02. The Kier molecular flexibility index (Phi) is 3.99. The highest BCUT2D eigenvalue weighted by molar-refractivity contribution is 6.31. The molecule has 2 aromatic heterocycles. The predicted molar refractivity (Wildman–Crippen MR) is 83.8 cm³/mol. The minimum Gasteiger partial charge on any atom is -0.437 e. The number of rotatable bonds is 4. The number of nitrogens with one attached hydrogen (secondary N) is 1. The number of aromatic nitrogens is 2. The van der Waals surface area contributed by atoms with E-state index >= 15 is 0 Å². The van der Waals surface area contributed by atoms with E-state index in [-0.39, 0.29) is 0 Å². The molecular weight excluding hydrogens is 286 g/mol. The van der Waals surface area contributed by atoms with Crippen molar-refractivity contribution in [1.29, 1.82) is 0 Å². The number of hydrogen-bond acceptors (Lipinski definition) is 4. The summed E-state index contributed by atoms with van der Waals surface area (Å²) in [5.41, 5.74) is 1.88. The molecule has 1 N–H and O–H groups in total. The first kappa shape index (κ1) is 13.8. The van der Waals surface area contributed by atoms with E-state index in [1.165, 1.54) is 0 Å². The lowest BCUT2D eigenvalue weighted by atomic mass is 10.2. The number of ether oxygens (including phenoxy) is 1. The van der Waals surface area contributed by atoms with Gasteiger partial charge in [0.15, 0.2) is 0 Å². The molecule has 0 fully saturated rings. The maximum atomic E-state index is 6.09. The van der Waals surface area contributed by atoms with Gasteiger partial charge in [-0.15, -0.1) is 0 Å². The number of pyridine rings is 2. The molecule has 0 bridgehead atoms. The Morgan fingerprint density at radius 1 is 1.14 bits per heavy atom. The van der Waals surface area contributed by atoms with Crippen LogP contribution in [0.4, 0.5) is 0 Å². The predicted octanol–water partition coefficient (Wildman–Crippen LogP) is 3.79. The van der Waals surface area contributed by atoms with Crippen LogP contribution >= 0.6 is 11.6 Å². The number of para-hydroxylation sites is 1. The molecule has 0 unspecified atom stereocenters. The molecule has 0 saturated heterocycles. The maximum Gasteiger partial charge on any atom is 0.219 e. The molecule has 0 amide bonds. The number of fused-ring (bicyclic) bond motifs is 1. The summed E-state index contributed by atoms with van der Waals surface area (Å²) in [7, 11) is 1.87. The summed E-state index contributed by atoms with van der Waals surface area (Å²) in [6.07, 6.45) is 3.29. The lowest BCUT2D eigenvalue weighted by Gasteiger charge is -2.08. The van der Waals surface area contributed by atoms with Crippen LogP contribution in [0.3, 0.4) is 0 Å². The summed E-state index contributed by atoms with van der Waals surface area (Å²) in [5.74, 6) is 1.15. The Balaban J connectivity index is 1.89. The maximum absolute atomic E-state index is 6.09. The second kappa shape index (κ2) is 6.08. The van der Waals surface area contributed by atoms with E-state index in [0.29, 0.717) is 23.2 Å². The molecule has 106 valence electrons. The van der Waals surface area contributed by atoms with Gasteiger partial charge in [0, 0.05) is 24.2 Å². The summed E-state index contributed by atoms with van der Waals surface area (Å²) in [5, 5.41) is 4.71. The first-order chi connectivity index (χ1) is 10.3. The lowest BCUT2D eigenvalue weighted by molar-refractivity contribution is 0.460. The molecule has 0 aliphatic heterocycles. The fourth-order valence-electron chi connectivity index (χ4n) is 2.07. The van der Waals surface area contributed by atoms with Crippen LogP contribution in [0.15, 0.2) is 48.8 Å². The van der Waals surface area contributed by atoms with Crippen molar-refractivity contribution in [2.24, 2.45) is 0 Å². The van der Waals surface area contributed by atoms with Gasteiger partial charge < -0.3 is 10.1 Å². The number of halogens is 1. The molecule has 21 heavy (non-hydrogen) atoms. The van der Waals surface area contributed by atoms with Crippen molar-refractivity contribution >= 4 is 22.5 Å². The molecule has 1 aromatic carbocycles. The Hall–Kier alpha value is -2.17. The summed E-state index contributed by atoms with van der Waals surface area (Å²) in [6.45, 7) is 0.660. The fourth-order valence-corrected chi connectivity index (χ4v) is 2.24. The van der Waals surface area contributed by atoms with Gasteiger partial charge in [0.2, 0.25) is 5.88 Å². The average Bonchev–Trinajstić information content (AvgIpc) is 2.51. The van der Waals surface area contributed by atoms with Crippen LogP contribution < -0.4 is 10.1 Å². The van der Waals surface area contributed by atoms with Crippen molar-refractivity contribution in [2.75, 3.05) is 7.05 Å². The van der Waals surface area contributed by atoms with Gasteiger partial charge in [-0.1, -0.05) is 29.8 Å². The third-order valence-electron chi connectivity index (χ3n) is 3.06. The monoisotopic (exact) mass is 299 g/mol. The van der Waals surface area contributed by atoms with Gasteiger partial charge in [0.1, 0.15) is 5.75 Å². The Labute approximate surface area is 127 Å². The standard InChI is InChI=1S/C16H14ClN3O/c1-18-8-12-7-16(20-10-14(12)17)21-13-6-11-4-2-3-5-15(11)19-9-13/h2-7,9-10,18H,8H2,1H3. The number of nitrogens with zero attached hydrogens (tertiary/aromatic N) is 2. The molecular formula is C16H14ClN3O. The van der Waals surface area contributed by atoms with Crippen LogP contribution in [0, 0.1) is 0 Å². The molecule has 3 aromatic rings. The van der Waals surface area contributed by atoms with E-state index in [0.717, 1.165) is 16.5 Å². The summed E-state index contributed by atoms with van der Waals surface area (Å²) in [4.78, 5) is 8.55. The first-order valence-electron chi connectivity index (χ1n) is 6.58. The van der Waals surface area contributed by atoms with Gasteiger partial charge in [-0.25, -0.2) is 4.98 Å². The van der Waals surface area contributed by atoms with Crippen LogP contribution in [0.2, 0.25) is 5.02 Å². The molecule has 5 heteroatoms. The van der Waals surface area contributed by atoms with E-state index in [1.54, 1.807) is 12.4 Å². The van der Waals surface area contributed by atoms with E-state index < -0.39 is 0 Å². The van der Waals surface area contributed by atoms with Crippen molar-refractivity contribution in [3.05, 3.63) is 59.4 Å². The molecule has 0 radical (unpaired) electrons. The van der Waals surface area contributed by atoms with Gasteiger partial charge >= 0.3 is 0 Å². The summed E-state index contributed by atoms with van der Waals surface area (Å²) >= 11 is 6.09. The van der Waals surface area contributed by atoms with Crippen molar-refractivity contribution in [3.63, 3.8) is 0 Å². The van der Waals surface area contributed by atoms with E-state index in [2.05, 4.69) is 15.3 Å². The minimum atomic E-state index is 0.502. The molecule has 0 spiro atoms. The van der Waals surface area contributed by atoms with Gasteiger partial charge in [-0.3, -0.25) is 4.98 Å². The van der Waals surface area contributed by atoms with E-state index in [4.69, 9.17) is 16.3 Å². The van der Waals surface area contributed by atoms with Crippen LogP contribution in [-0.4, -0.2) is 17.0 Å². The van der Waals surface area contributed by atoms with Crippen molar-refractivity contribution in [1.82, 2.24) is 15.3 Å². The Bertz CT molecular complexity index is 776. The molecule has 4 nitrogen and oxygen atoms in total. The highest BCUT2D eigenvalue weighted by atomic mass is 35.5. The summed E-state index contributed by atoms with van der Waals surface area (Å²) in [6, 6.07) is 11.7. The van der Waals surface area contributed by atoms with E-state index in [1.807, 2.05) is 43.4 Å². The molecule has 3 rings (SSSR count). The molecule has 0 atom stereocenters. The zero-order valence-electron chi connectivity index (χ0n) is 11.5. The number of benzene rings is 1. The lowest BCUT2D eigenvalue weighted by Crippen LogP contribution is -2.06. The smallest absolute Gasteiger partial charge is 0.219 e. The van der Waals surface area contributed by atoms with Crippen LogP contribution in [0.25, 0.3) is 10.9 Å². The van der Waals surface area contributed by atoms with Crippen LogP contribution in [-0.2, 0) is 6.54 Å². The van der Waals surface area contributed by atoms with Crippen molar-refractivity contribution in [3.8, 4) is 11.6 Å². The highest BCUT2D eigenvalue weighted by Crippen LogP contribution is 2.25.